The van der Waals surface area contributed by atoms with Gasteiger partial charge in [0, 0.05) is 17.9 Å². The third kappa shape index (κ3) is 2.68. The van der Waals surface area contributed by atoms with Crippen molar-refractivity contribution in [2.45, 2.75) is 57.7 Å². The van der Waals surface area contributed by atoms with Gasteiger partial charge in [0.25, 0.3) is 0 Å². The normalized spacial score (nSPS) is 36.5. The van der Waals surface area contributed by atoms with E-state index in [0.29, 0.717) is 12.8 Å². The van der Waals surface area contributed by atoms with Crippen LogP contribution >= 0.6 is 0 Å². The summed E-state index contributed by atoms with van der Waals surface area (Å²) in [6, 6.07) is 0. The zero-order valence-electron chi connectivity index (χ0n) is 14.9. The monoisotopic (exact) mass is 348 g/mol. The summed E-state index contributed by atoms with van der Waals surface area (Å²) in [5, 5.41) is 0. The zero-order chi connectivity index (χ0) is 18.4. The van der Waals surface area contributed by atoms with Crippen LogP contribution in [0.25, 0.3) is 0 Å². The Labute approximate surface area is 147 Å². The molecule has 0 radical (unpaired) electrons. The van der Waals surface area contributed by atoms with Gasteiger partial charge in [-0.05, 0) is 37.7 Å². The van der Waals surface area contributed by atoms with E-state index in [-0.39, 0.29) is 30.7 Å². The van der Waals surface area contributed by atoms with Gasteiger partial charge in [0.05, 0.1) is 13.5 Å². The maximum Gasteiger partial charge on any atom is 0.331 e. The SMILES string of the molecule is C=C(C)[C@H]1CC[C@]23OC(=O)C[C@H]2OC(=O)C=C3[C@]1(C)CCC(=O)OC. The second-order valence-electron chi connectivity index (χ2n) is 7.48. The molecule has 2 heterocycles. The molecule has 0 aromatic rings. The lowest BCUT2D eigenvalue weighted by Gasteiger charge is -2.53. The second-order valence-corrected chi connectivity index (χ2v) is 7.48. The van der Waals surface area contributed by atoms with Crippen LogP contribution < -0.4 is 0 Å². The second kappa shape index (κ2) is 6.00. The number of esters is 3. The first-order valence-electron chi connectivity index (χ1n) is 8.60. The lowest BCUT2D eigenvalue weighted by Crippen LogP contribution is -2.56. The minimum absolute atomic E-state index is 0.0773. The Balaban J connectivity index is 2.06. The Morgan fingerprint density at radius 2 is 2.16 bits per heavy atom. The highest BCUT2D eigenvalue weighted by atomic mass is 16.6. The van der Waals surface area contributed by atoms with Gasteiger partial charge in [0.15, 0.2) is 11.7 Å². The summed E-state index contributed by atoms with van der Waals surface area (Å²) in [5.74, 6) is -1.03. The molecule has 0 aromatic heterocycles. The highest BCUT2D eigenvalue weighted by molar-refractivity contribution is 5.87. The molecule has 6 heteroatoms. The van der Waals surface area contributed by atoms with Gasteiger partial charge >= 0.3 is 17.9 Å². The first kappa shape index (κ1) is 17.7. The summed E-state index contributed by atoms with van der Waals surface area (Å²) >= 11 is 0. The molecule has 1 saturated carbocycles. The average molecular weight is 348 g/mol. The molecule has 6 nitrogen and oxygen atoms in total. The van der Waals surface area contributed by atoms with Crippen molar-refractivity contribution in [3.05, 3.63) is 23.8 Å². The Morgan fingerprint density at radius 3 is 2.80 bits per heavy atom. The molecular weight excluding hydrogens is 324 g/mol. The fourth-order valence-electron chi connectivity index (χ4n) is 4.83. The molecule has 1 saturated heterocycles. The molecule has 1 spiro atoms. The number of rotatable bonds is 4. The summed E-state index contributed by atoms with van der Waals surface area (Å²) in [7, 11) is 1.36. The number of hydrogen-bond donors (Lipinski definition) is 0. The summed E-state index contributed by atoms with van der Waals surface area (Å²) in [6.45, 7) is 8.08. The first-order valence-corrected chi connectivity index (χ1v) is 8.60. The quantitative estimate of drug-likeness (QED) is 0.441. The predicted molar refractivity (Wildman–Crippen MR) is 88.3 cm³/mol. The molecule has 4 atom stereocenters. The first-order chi connectivity index (χ1) is 11.7. The lowest BCUT2D eigenvalue weighted by atomic mass is 9.54. The molecule has 0 aromatic carbocycles. The van der Waals surface area contributed by atoms with E-state index in [1.54, 1.807) is 0 Å². The van der Waals surface area contributed by atoms with Gasteiger partial charge in [0.2, 0.25) is 0 Å². The standard InChI is InChI=1S/C19H24O6/c1-11(2)12-5-8-19-13(18(12,3)7-6-15(20)23-4)9-16(21)24-14(19)10-17(22)25-19/h9,12,14H,1,5-8,10H2,2-4H3/t12-,14-,18-,19-/m1/s1. The molecule has 0 amide bonds. The van der Waals surface area contributed by atoms with E-state index < -0.39 is 23.1 Å². The fraction of sp³-hybridized carbons (Fsp3) is 0.632. The summed E-state index contributed by atoms with van der Waals surface area (Å²) < 4.78 is 15.9. The molecule has 0 unspecified atom stereocenters. The van der Waals surface area contributed by atoms with Gasteiger partial charge in [-0.15, -0.1) is 0 Å². The van der Waals surface area contributed by atoms with Gasteiger partial charge < -0.3 is 14.2 Å². The maximum atomic E-state index is 12.1. The van der Waals surface area contributed by atoms with Crippen molar-refractivity contribution in [3.8, 4) is 0 Å². The van der Waals surface area contributed by atoms with Crippen molar-refractivity contribution in [3.63, 3.8) is 0 Å². The molecule has 3 rings (SSSR count). The Bertz CT molecular complexity index is 677. The van der Waals surface area contributed by atoms with Crippen LogP contribution in [-0.2, 0) is 28.6 Å². The summed E-state index contributed by atoms with van der Waals surface area (Å²) in [5.41, 5.74) is 0.320. The van der Waals surface area contributed by atoms with E-state index in [2.05, 4.69) is 6.58 Å². The fourth-order valence-corrected chi connectivity index (χ4v) is 4.83. The largest absolute Gasteiger partial charge is 0.469 e. The Hall–Kier alpha value is -2.11. The van der Waals surface area contributed by atoms with Crippen LogP contribution in [-0.4, -0.2) is 36.7 Å². The highest BCUT2D eigenvalue weighted by Crippen LogP contribution is 2.59. The third-order valence-corrected chi connectivity index (χ3v) is 6.00. The van der Waals surface area contributed by atoms with Gasteiger partial charge in [-0.1, -0.05) is 19.1 Å². The van der Waals surface area contributed by atoms with Crippen molar-refractivity contribution in [2.75, 3.05) is 7.11 Å². The Kier molecular flexibility index (Phi) is 4.25. The average Bonchev–Trinajstić information content (AvgIpc) is 2.86. The van der Waals surface area contributed by atoms with Gasteiger partial charge in [-0.3, -0.25) is 9.59 Å². The zero-order valence-corrected chi connectivity index (χ0v) is 14.9. The molecule has 0 bridgehead atoms. The van der Waals surface area contributed by atoms with E-state index in [1.165, 1.54) is 13.2 Å². The topological polar surface area (TPSA) is 78.9 Å². The Morgan fingerprint density at radius 1 is 1.44 bits per heavy atom. The lowest BCUT2D eigenvalue weighted by molar-refractivity contribution is -0.167. The van der Waals surface area contributed by atoms with Crippen LogP contribution in [0.4, 0.5) is 0 Å². The van der Waals surface area contributed by atoms with Crippen molar-refractivity contribution < 1.29 is 28.6 Å². The van der Waals surface area contributed by atoms with E-state index in [9.17, 15) is 14.4 Å². The third-order valence-electron chi connectivity index (χ3n) is 6.00. The number of carbonyl (C=O) groups excluding carboxylic acids is 3. The summed E-state index contributed by atoms with van der Waals surface area (Å²) in [4.78, 5) is 35.8. The number of carbonyl (C=O) groups is 3. The molecule has 136 valence electrons. The number of methoxy groups -OCH3 is 1. The predicted octanol–water partition coefficient (Wildman–Crippen LogP) is 2.47. The smallest absolute Gasteiger partial charge is 0.331 e. The molecule has 0 N–H and O–H groups in total. The van der Waals surface area contributed by atoms with E-state index in [1.807, 2.05) is 13.8 Å². The van der Waals surface area contributed by atoms with Crippen LogP contribution in [0, 0.1) is 11.3 Å². The van der Waals surface area contributed by atoms with Gasteiger partial charge in [-0.25, -0.2) is 4.79 Å². The number of allylic oxidation sites excluding steroid dienone is 1. The van der Waals surface area contributed by atoms with Crippen molar-refractivity contribution in [1.82, 2.24) is 0 Å². The molecular formula is C19H24O6. The van der Waals surface area contributed by atoms with Gasteiger partial charge in [-0.2, -0.15) is 0 Å². The molecule has 2 aliphatic heterocycles. The van der Waals surface area contributed by atoms with Crippen LogP contribution in [0.5, 0.6) is 0 Å². The van der Waals surface area contributed by atoms with Crippen molar-refractivity contribution in [2.24, 2.45) is 11.3 Å². The van der Waals surface area contributed by atoms with Crippen LogP contribution in [0.3, 0.4) is 0 Å². The molecule has 25 heavy (non-hydrogen) atoms. The molecule has 1 aliphatic carbocycles. The number of hydrogen-bond acceptors (Lipinski definition) is 6. The van der Waals surface area contributed by atoms with Crippen molar-refractivity contribution >= 4 is 17.9 Å². The maximum absolute atomic E-state index is 12.1. The summed E-state index contributed by atoms with van der Waals surface area (Å²) in [6.07, 6.45) is 3.01. The van der Waals surface area contributed by atoms with E-state index in [4.69, 9.17) is 14.2 Å². The van der Waals surface area contributed by atoms with Crippen LogP contribution in [0.2, 0.25) is 0 Å². The van der Waals surface area contributed by atoms with E-state index in [0.717, 1.165) is 17.6 Å². The minimum atomic E-state index is -0.901. The minimum Gasteiger partial charge on any atom is -0.469 e. The number of ether oxygens (including phenoxy) is 3. The van der Waals surface area contributed by atoms with Gasteiger partial charge in [0.1, 0.15) is 0 Å². The molecule has 3 aliphatic rings. The van der Waals surface area contributed by atoms with Crippen molar-refractivity contribution in [1.29, 1.82) is 0 Å². The van der Waals surface area contributed by atoms with Crippen LogP contribution in [0.1, 0.15) is 46.0 Å². The van der Waals surface area contributed by atoms with E-state index >= 15 is 0 Å². The molecule has 2 fully saturated rings. The van der Waals surface area contributed by atoms with Crippen LogP contribution in [0.15, 0.2) is 23.8 Å². The highest BCUT2D eigenvalue weighted by Gasteiger charge is 2.63.